The Morgan fingerprint density at radius 1 is 1.07 bits per heavy atom. The van der Waals surface area contributed by atoms with Crippen molar-refractivity contribution in [2.45, 2.75) is 19.7 Å². The van der Waals surface area contributed by atoms with Crippen LogP contribution in [0.1, 0.15) is 18.1 Å². The maximum Gasteiger partial charge on any atom is 0.416 e. The highest BCUT2D eigenvalue weighted by molar-refractivity contribution is 6.55. The van der Waals surface area contributed by atoms with Gasteiger partial charge >= 0.3 is 6.18 Å². The first-order valence-electron chi connectivity index (χ1n) is 7.69. The molecule has 1 aromatic carbocycles. The summed E-state index contributed by atoms with van der Waals surface area (Å²) in [6.45, 7) is 2.02. The average Bonchev–Trinajstić information content (AvgIpc) is 2.59. The van der Waals surface area contributed by atoms with Crippen LogP contribution in [0.3, 0.4) is 0 Å². The molecule has 0 fully saturated rings. The Kier molecular flexibility index (Phi) is 7.50. The number of rotatable bonds is 6. The number of halogens is 5. The molecule has 0 bridgehead atoms. The van der Waals surface area contributed by atoms with Gasteiger partial charge in [-0.15, -0.1) is 0 Å². The van der Waals surface area contributed by atoms with Gasteiger partial charge in [0.15, 0.2) is 0 Å². The maximum absolute atomic E-state index is 12.5. The second-order valence-corrected chi connectivity index (χ2v) is 6.42. The van der Waals surface area contributed by atoms with Gasteiger partial charge in [-0.25, -0.2) is 0 Å². The Labute approximate surface area is 164 Å². The van der Waals surface area contributed by atoms with Crippen molar-refractivity contribution in [1.29, 1.82) is 0 Å². The van der Waals surface area contributed by atoms with Crippen molar-refractivity contribution >= 4 is 34.6 Å². The average molecular weight is 419 g/mol. The molecule has 0 amide bonds. The van der Waals surface area contributed by atoms with E-state index in [1.807, 2.05) is 6.92 Å². The van der Waals surface area contributed by atoms with Crippen molar-refractivity contribution in [2.75, 3.05) is 6.61 Å². The van der Waals surface area contributed by atoms with Crippen LogP contribution >= 0.6 is 23.2 Å². The zero-order chi connectivity index (χ0) is 19.9. The minimum Gasteiger partial charge on any atom is -0.391 e. The third-order valence-electron chi connectivity index (χ3n) is 3.34. The summed E-state index contributed by atoms with van der Waals surface area (Å²) in [5.74, 6) is 0. The molecular weight excluding hydrogens is 404 g/mol. The molecular formula is C18H15Cl2F3N2O2. The number of hydrogen-bond donors (Lipinski definition) is 0. The molecule has 1 aliphatic carbocycles. The second-order valence-electron chi connectivity index (χ2n) is 5.41. The predicted molar refractivity (Wildman–Crippen MR) is 99.7 cm³/mol. The summed E-state index contributed by atoms with van der Waals surface area (Å²) >= 11 is 10.9. The lowest BCUT2D eigenvalue weighted by Crippen LogP contribution is -2.07. The van der Waals surface area contributed by atoms with Crippen LogP contribution in [0.25, 0.3) is 0 Å². The van der Waals surface area contributed by atoms with Crippen molar-refractivity contribution in [3.8, 4) is 0 Å². The Bertz CT molecular complexity index is 807. The van der Waals surface area contributed by atoms with Crippen LogP contribution < -0.4 is 0 Å². The fourth-order valence-corrected chi connectivity index (χ4v) is 2.10. The van der Waals surface area contributed by atoms with E-state index in [4.69, 9.17) is 32.9 Å². The standard InChI is InChI=1S/C18H15Cl2F3N2O2/c1-12-10-15(6-7-16(12)25-26-9-8-17(19)20)24-27-11-13-2-4-14(5-3-13)18(21,22)23/h2-8,10H,9,11H2,1H3/b24-15-,25-16-. The number of nitrogens with zero attached hydrogens (tertiary/aromatic N) is 2. The Morgan fingerprint density at radius 3 is 2.37 bits per heavy atom. The van der Waals surface area contributed by atoms with Gasteiger partial charge in [0.05, 0.1) is 5.56 Å². The normalized spacial score (nSPS) is 17.0. The van der Waals surface area contributed by atoms with Crippen molar-refractivity contribution in [2.24, 2.45) is 10.3 Å². The van der Waals surface area contributed by atoms with Crippen LogP contribution in [0.4, 0.5) is 13.2 Å². The molecule has 144 valence electrons. The highest BCUT2D eigenvalue weighted by Crippen LogP contribution is 2.29. The Morgan fingerprint density at radius 2 is 1.78 bits per heavy atom. The van der Waals surface area contributed by atoms with Crippen molar-refractivity contribution < 1.29 is 22.8 Å². The minimum atomic E-state index is -4.36. The van der Waals surface area contributed by atoms with Gasteiger partial charge in [-0.2, -0.15) is 13.2 Å². The van der Waals surface area contributed by atoms with Gasteiger partial charge in [0.2, 0.25) is 0 Å². The highest BCUT2D eigenvalue weighted by Gasteiger charge is 2.29. The first-order chi connectivity index (χ1) is 12.8. The molecule has 27 heavy (non-hydrogen) atoms. The summed E-state index contributed by atoms with van der Waals surface area (Å²) in [7, 11) is 0. The van der Waals surface area contributed by atoms with Gasteiger partial charge in [-0.05, 0) is 54.5 Å². The lowest BCUT2D eigenvalue weighted by Gasteiger charge is -2.09. The quantitative estimate of drug-likeness (QED) is 0.333. The van der Waals surface area contributed by atoms with Gasteiger partial charge in [-0.1, -0.05) is 45.6 Å². The fourth-order valence-electron chi connectivity index (χ4n) is 1.98. The lowest BCUT2D eigenvalue weighted by molar-refractivity contribution is -0.137. The number of benzene rings is 1. The van der Waals surface area contributed by atoms with Crippen LogP contribution in [-0.4, -0.2) is 18.0 Å². The number of alkyl halides is 3. The van der Waals surface area contributed by atoms with Crippen LogP contribution in [-0.2, 0) is 22.5 Å². The van der Waals surface area contributed by atoms with Crippen LogP contribution in [0.5, 0.6) is 0 Å². The third kappa shape index (κ3) is 7.11. The molecule has 0 saturated carbocycles. The maximum atomic E-state index is 12.5. The largest absolute Gasteiger partial charge is 0.416 e. The SMILES string of the molecule is CC1=CC(=N\OCc2ccc(C(F)(F)F)cc2)/C=CC/1=N/OCC=C(Cl)Cl. The summed E-state index contributed by atoms with van der Waals surface area (Å²) < 4.78 is 37.6. The van der Waals surface area contributed by atoms with Crippen LogP contribution in [0, 0.1) is 0 Å². The predicted octanol–water partition coefficient (Wildman–Crippen LogP) is 5.79. The van der Waals surface area contributed by atoms with E-state index < -0.39 is 11.7 Å². The summed E-state index contributed by atoms with van der Waals surface area (Å²) in [6.07, 6.45) is 2.21. The highest BCUT2D eigenvalue weighted by atomic mass is 35.5. The smallest absolute Gasteiger partial charge is 0.391 e. The topological polar surface area (TPSA) is 43.2 Å². The van der Waals surface area contributed by atoms with E-state index in [9.17, 15) is 13.2 Å². The molecule has 0 atom stereocenters. The Balaban J connectivity index is 1.89. The molecule has 0 saturated heterocycles. The minimum absolute atomic E-state index is 0.0535. The summed E-state index contributed by atoms with van der Waals surface area (Å²) in [5.41, 5.74) is 1.83. The fraction of sp³-hybridized carbons (Fsp3) is 0.222. The molecule has 0 unspecified atom stereocenters. The summed E-state index contributed by atoms with van der Waals surface area (Å²) in [5, 5.41) is 7.88. The van der Waals surface area contributed by atoms with E-state index in [1.54, 1.807) is 18.2 Å². The van der Waals surface area contributed by atoms with Gasteiger partial charge in [0.25, 0.3) is 0 Å². The van der Waals surface area contributed by atoms with Crippen molar-refractivity contribution in [3.05, 3.63) is 69.8 Å². The van der Waals surface area contributed by atoms with Crippen LogP contribution in [0.2, 0.25) is 0 Å². The van der Waals surface area contributed by atoms with Gasteiger partial charge in [-0.3, -0.25) is 0 Å². The van der Waals surface area contributed by atoms with E-state index >= 15 is 0 Å². The molecule has 0 aliphatic heterocycles. The van der Waals surface area contributed by atoms with Gasteiger partial charge in [0, 0.05) is 0 Å². The number of oxime groups is 2. The van der Waals surface area contributed by atoms with Gasteiger partial charge in [0.1, 0.15) is 29.1 Å². The molecule has 4 nitrogen and oxygen atoms in total. The van der Waals surface area contributed by atoms with E-state index in [0.717, 1.165) is 17.7 Å². The molecule has 1 aromatic rings. The van der Waals surface area contributed by atoms with Crippen molar-refractivity contribution in [3.63, 3.8) is 0 Å². The molecule has 9 heteroatoms. The van der Waals surface area contributed by atoms with Crippen LogP contribution in [0.15, 0.2) is 68.9 Å². The molecule has 0 heterocycles. The number of allylic oxidation sites excluding steroid dienone is 4. The lowest BCUT2D eigenvalue weighted by atomic mass is 10.0. The third-order valence-corrected chi connectivity index (χ3v) is 3.65. The summed E-state index contributed by atoms with van der Waals surface area (Å²) in [4.78, 5) is 10.3. The van der Waals surface area contributed by atoms with E-state index in [-0.39, 0.29) is 17.7 Å². The van der Waals surface area contributed by atoms with E-state index in [2.05, 4.69) is 10.3 Å². The molecule has 1 aliphatic rings. The van der Waals surface area contributed by atoms with E-state index in [1.165, 1.54) is 18.2 Å². The second kappa shape index (κ2) is 9.62. The zero-order valence-electron chi connectivity index (χ0n) is 14.1. The molecule has 0 N–H and O–H groups in total. The van der Waals surface area contributed by atoms with E-state index in [0.29, 0.717) is 17.0 Å². The number of hydrogen-bond acceptors (Lipinski definition) is 4. The first-order valence-corrected chi connectivity index (χ1v) is 8.45. The molecule has 0 radical (unpaired) electrons. The monoisotopic (exact) mass is 418 g/mol. The van der Waals surface area contributed by atoms with Gasteiger partial charge < -0.3 is 9.68 Å². The first kappa shape index (κ1) is 21.1. The Hall–Kier alpha value is -2.25. The summed E-state index contributed by atoms with van der Waals surface area (Å²) in [6, 6.07) is 4.71. The zero-order valence-corrected chi connectivity index (χ0v) is 15.6. The molecule has 2 rings (SSSR count). The van der Waals surface area contributed by atoms with Crippen molar-refractivity contribution in [1.82, 2.24) is 0 Å². The molecule has 0 spiro atoms. The molecule has 0 aromatic heterocycles.